The van der Waals surface area contributed by atoms with E-state index in [1.54, 1.807) is 0 Å². The molecule has 0 atom stereocenters. The average Bonchev–Trinajstić information content (AvgIpc) is 1.41. The average molecular weight is 114 g/mol. The van der Waals surface area contributed by atoms with Crippen LogP contribution in [0.1, 0.15) is 0 Å². The van der Waals surface area contributed by atoms with Crippen LogP contribution in [0.4, 0.5) is 0 Å². The first-order valence-electron chi connectivity index (χ1n) is 0.985. The third kappa shape index (κ3) is 7830. The molecule has 0 aliphatic heterocycles. The van der Waals surface area contributed by atoms with Crippen LogP contribution in [0, 0.1) is 0 Å². The van der Waals surface area contributed by atoms with E-state index in [1.165, 1.54) is 0 Å². The van der Waals surface area contributed by atoms with Crippen LogP contribution >= 0.6 is 8.25 Å². The summed E-state index contributed by atoms with van der Waals surface area (Å²) in [4.78, 5) is 14.3. The Bertz CT molecular complexity index is 31.8. The third-order valence-corrected chi connectivity index (χ3v) is 0. The number of hydrogen-bond acceptors (Lipinski definition) is 3. The Morgan fingerprint density at radius 1 is 1.33 bits per heavy atom. The molecule has 0 heterocycles. The number of hydrogen-bond donors (Lipinski definition) is 4. The minimum Gasteiger partial charge on any atom is -0.326 e. The highest BCUT2D eigenvalue weighted by Gasteiger charge is 1.61. The lowest BCUT2D eigenvalue weighted by atomic mass is 13.0. The highest BCUT2D eigenvalue weighted by Crippen LogP contribution is 1.98. The lowest BCUT2D eigenvalue weighted by Crippen LogP contribution is -2.02. The predicted octanol–water partition coefficient (Wildman–Crippen LogP) is -1.82. The fourth-order valence-corrected chi connectivity index (χ4v) is 0. The zero-order chi connectivity index (χ0) is 5.58. The first-order chi connectivity index (χ1) is 2.73. The summed E-state index contributed by atoms with van der Waals surface area (Å²) in [5.74, 6) is 8.00. The molecule has 0 amide bonds. The van der Waals surface area contributed by atoms with Gasteiger partial charge in [-0.1, -0.05) is 0 Å². The van der Waals surface area contributed by atoms with Gasteiger partial charge in [0.1, 0.15) is 0 Å². The molecule has 6 heteroatoms. The van der Waals surface area contributed by atoms with Crippen molar-refractivity contribution >= 4 is 8.25 Å². The highest BCUT2D eigenvalue weighted by molar-refractivity contribution is 7.30. The second-order valence-electron chi connectivity index (χ2n) is 0.283. The maximum Gasteiger partial charge on any atom is 0.314 e. The second-order valence-corrected chi connectivity index (χ2v) is 0.848. The largest absolute Gasteiger partial charge is 0.326 e. The van der Waals surface area contributed by atoms with Gasteiger partial charge in [-0.25, -0.2) is 0 Å². The molecular weight excluding hydrogens is 107 g/mol. The standard InChI is InChI=1S/H4N2.H3O3P/c1-2;1-4(2)3/h1-2H2;4H,(H2,1,2,3). The molecule has 6 N–H and O–H groups in total. The Hall–Kier alpha value is 0.0700. The molecule has 0 aromatic rings. The van der Waals surface area contributed by atoms with Gasteiger partial charge in [-0.05, 0) is 0 Å². The summed E-state index contributed by atoms with van der Waals surface area (Å²) in [7, 11) is -3.13. The number of hydrazine groups is 1. The van der Waals surface area contributed by atoms with E-state index in [-0.39, 0.29) is 0 Å². The smallest absolute Gasteiger partial charge is 0.314 e. The molecule has 5 nitrogen and oxygen atoms in total. The summed E-state index contributed by atoms with van der Waals surface area (Å²) in [5.41, 5.74) is 0. The molecule has 0 aromatic carbocycles. The molecule has 0 unspecified atom stereocenters. The molecule has 0 radical (unpaired) electrons. The Morgan fingerprint density at radius 3 is 1.33 bits per heavy atom. The van der Waals surface area contributed by atoms with E-state index in [0.717, 1.165) is 0 Å². The summed E-state index contributed by atoms with van der Waals surface area (Å²) in [5, 5.41) is 0. The van der Waals surface area contributed by atoms with Gasteiger partial charge < -0.3 is 9.79 Å². The van der Waals surface area contributed by atoms with E-state index in [0.29, 0.717) is 0 Å². The fraction of sp³-hybridized carbons (Fsp3) is 0. The van der Waals surface area contributed by atoms with Crippen molar-refractivity contribution in [2.75, 3.05) is 0 Å². The zero-order valence-corrected chi connectivity index (χ0v) is 3.96. The van der Waals surface area contributed by atoms with Crippen LogP contribution < -0.4 is 11.7 Å². The van der Waals surface area contributed by atoms with Crippen LogP contribution in [0.5, 0.6) is 0 Å². The number of rotatable bonds is 0. The van der Waals surface area contributed by atoms with Gasteiger partial charge in [0.15, 0.2) is 0 Å². The summed E-state index contributed by atoms with van der Waals surface area (Å²) in [6.45, 7) is 0. The van der Waals surface area contributed by atoms with Gasteiger partial charge in [0.25, 0.3) is 0 Å². The molecule has 0 aliphatic rings. The van der Waals surface area contributed by atoms with E-state index >= 15 is 0 Å². The van der Waals surface area contributed by atoms with Gasteiger partial charge in [0.05, 0.1) is 0 Å². The normalized spacial score (nSPS) is 6.83. The minimum absolute atomic E-state index is 3.13. The second kappa shape index (κ2) is 8.91. The first-order valence-corrected chi connectivity index (χ1v) is 2.29. The molecule has 0 aromatic heterocycles. The van der Waals surface area contributed by atoms with E-state index in [1.807, 2.05) is 0 Å². The molecule has 40 valence electrons. The Labute approximate surface area is 35.5 Å². The van der Waals surface area contributed by atoms with Gasteiger partial charge in [0, 0.05) is 0 Å². The Kier molecular flexibility index (Phi) is 14.0. The van der Waals surface area contributed by atoms with Crippen LogP contribution in [0.25, 0.3) is 0 Å². The summed E-state index contributed by atoms with van der Waals surface area (Å²) in [6, 6.07) is 0. The third-order valence-electron chi connectivity index (χ3n) is 0. The topological polar surface area (TPSA) is 110 Å². The van der Waals surface area contributed by atoms with Gasteiger partial charge in [-0.3, -0.25) is 16.3 Å². The lowest BCUT2D eigenvalue weighted by molar-refractivity contribution is 0.405. The maximum absolute atomic E-state index is 8.74. The molecule has 0 saturated heterocycles. The molecular formula is H7N2O3P. The minimum atomic E-state index is -3.13. The zero-order valence-electron chi connectivity index (χ0n) is 2.96. The van der Waals surface area contributed by atoms with E-state index in [9.17, 15) is 0 Å². The predicted molar refractivity (Wildman–Crippen MR) is 21.8 cm³/mol. The number of nitrogens with two attached hydrogens (primary N) is 2. The highest BCUT2D eigenvalue weighted by atomic mass is 31.1. The molecule has 6 heavy (non-hydrogen) atoms. The van der Waals surface area contributed by atoms with Crippen molar-refractivity contribution in [1.29, 1.82) is 0 Å². The van der Waals surface area contributed by atoms with Crippen LogP contribution in [0.15, 0.2) is 0 Å². The summed E-state index contributed by atoms with van der Waals surface area (Å²) < 4.78 is 8.74. The van der Waals surface area contributed by atoms with Gasteiger partial charge in [-0.15, -0.1) is 0 Å². The van der Waals surface area contributed by atoms with Gasteiger partial charge >= 0.3 is 8.25 Å². The summed E-state index contributed by atoms with van der Waals surface area (Å²) >= 11 is 0. The Balaban J connectivity index is 0. The van der Waals surface area contributed by atoms with Crippen molar-refractivity contribution in [3.8, 4) is 0 Å². The SMILES string of the molecule is NN.O=[PH](O)O. The molecule has 0 fully saturated rings. The molecule has 0 bridgehead atoms. The quantitative estimate of drug-likeness (QED) is 0.168. The van der Waals surface area contributed by atoms with E-state index in [4.69, 9.17) is 14.4 Å². The van der Waals surface area contributed by atoms with Crippen LogP contribution in [-0.2, 0) is 4.57 Å². The van der Waals surface area contributed by atoms with Crippen molar-refractivity contribution in [2.24, 2.45) is 11.7 Å². The van der Waals surface area contributed by atoms with Crippen molar-refractivity contribution in [2.45, 2.75) is 0 Å². The van der Waals surface area contributed by atoms with Crippen LogP contribution in [0.3, 0.4) is 0 Å². The van der Waals surface area contributed by atoms with Gasteiger partial charge in [-0.2, -0.15) is 0 Å². The Morgan fingerprint density at radius 2 is 1.33 bits per heavy atom. The molecule has 0 aliphatic carbocycles. The van der Waals surface area contributed by atoms with Crippen molar-refractivity contribution in [3.63, 3.8) is 0 Å². The van der Waals surface area contributed by atoms with Crippen molar-refractivity contribution in [3.05, 3.63) is 0 Å². The first kappa shape index (κ1) is 9.42. The van der Waals surface area contributed by atoms with Crippen molar-refractivity contribution in [1.82, 2.24) is 0 Å². The lowest BCUT2D eigenvalue weighted by Gasteiger charge is -1.61. The van der Waals surface area contributed by atoms with E-state index < -0.39 is 8.25 Å². The van der Waals surface area contributed by atoms with Crippen LogP contribution in [0.2, 0.25) is 0 Å². The van der Waals surface area contributed by atoms with Crippen molar-refractivity contribution < 1.29 is 14.4 Å². The molecule has 0 saturated carbocycles. The monoisotopic (exact) mass is 114 g/mol. The van der Waals surface area contributed by atoms with E-state index in [2.05, 4.69) is 11.7 Å². The molecule has 0 spiro atoms. The van der Waals surface area contributed by atoms with Crippen LogP contribution in [-0.4, -0.2) is 9.79 Å². The van der Waals surface area contributed by atoms with Gasteiger partial charge in [0.2, 0.25) is 0 Å². The fourth-order valence-electron chi connectivity index (χ4n) is 0. The summed E-state index contributed by atoms with van der Waals surface area (Å²) in [6.07, 6.45) is 0. The molecule has 0 rings (SSSR count). The maximum atomic E-state index is 8.74.